The van der Waals surface area contributed by atoms with Gasteiger partial charge in [-0.25, -0.2) is 4.79 Å². The second kappa shape index (κ2) is 9.52. The Labute approximate surface area is 186 Å². The van der Waals surface area contributed by atoms with Crippen LogP contribution in [0.3, 0.4) is 0 Å². The average Bonchev–Trinajstić information content (AvgIpc) is 2.77. The highest BCUT2D eigenvalue weighted by Gasteiger charge is 2.29. The number of benzene rings is 3. The number of anilines is 1. The average molecular weight is 457 g/mol. The van der Waals surface area contributed by atoms with Gasteiger partial charge in [-0.15, -0.1) is 0 Å². The number of carboxylic acids is 1. The van der Waals surface area contributed by atoms with E-state index in [1.165, 1.54) is 17.8 Å². The van der Waals surface area contributed by atoms with Gasteiger partial charge in [0.05, 0.1) is 28.7 Å². The first-order valence-electron chi connectivity index (χ1n) is 9.35. The maximum Gasteiger partial charge on any atom is 0.329 e. The molecule has 7 nitrogen and oxygen atoms in total. The molecule has 0 aromatic heterocycles. The number of hydrogen-bond donors (Lipinski definition) is 1. The summed E-state index contributed by atoms with van der Waals surface area (Å²) in [5, 5.41) is 9.69. The zero-order valence-corrected chi connectivity index (χ0v) is 17.8. The lowest BCUT2D eigenvalue weighted by molar-refractivity contribution is -0.139. The highest BCUT2D eigenvalue weighted by Crippen LogP contribution is 2.48. The molecule has 1 N–H and O–H groups in total. The molecular weight excluding hydrogens is 438 g/mol. The van der Waals surface area contributed by atoms with Crippen LogP contribution in [0, 0.1) is 0 Å². The molecule has 0 bridgehead atoms. The number of ether oxygens (including phenoxy) is 2. The summed E-state index contributed by atoms with van der Waals surface area (Å²) in [4.78, 5) is 13.5. The van der Waals surface area contributed by atoms with Crippen LogP contribution in [0.2, 0.25) is 0 Å². The van der Waals surface area contributed by atoms with Crippen LogP contribution in [-0.4, -0.2) is 32.5 Å². The fourth-order valence-electron chi connectivity index (χ4n) is 3.13. The Hall–Kier alpha value is -2.85. The molecule has 1 heterocycles. The van der Waals surface area contributed by atoms with Gasteiger partial charge in [-0.1, -0.05) is 54.2 Å². The van der Waals surface area contributed by atoms with Crippen molar-refractivity contribution in [1.29, 1.82) is 0 Å². The molecule has 0 spiro atoms. The Morgan fingerprint density at radius 1 is 1.06 bits per heavy atom. The highest BCUT2D eigenvalue weighted by molar-refractivity contribution is 7.99. The monoisotopic (exact) mass is 456 g/mol. The summed E-state index contributed by atoms with van der Waals surface area (Å²) in [6.07, 6.45) is 0. The summed E-state index contributed by atoms with van der Waals surface area (Å²) in [5.74, 6) is -0.00440. The van der Waals surface area contributed by atoms with Gasteiger partial charge in [0.2, 0.25) is 0 Å². The van der Waals surface area contributed by atoms with Crippen LogP contribution in [0.25, 0.3) is 0 Å². The van der Waals surface area contributed by atoms with Crippen LogP contribution in [0.1, 0.15) is 5.56 Å². The standard InChI is InChI=1S/C22H19NO6S2/c24-22(25)17(14-28-13-15-6-2-1-3-7-15)23(31(26)27)16-10-11-19-21(12-16)30-20-9-5-4-8-18(20)29-19/h1-12,17H,13-14H2,(H,24,25)(H,26,27)/p-1. The molecule has 0 saturated heterocycles. The van der Waals surface area contributed by atoms with Crippen LogP contribution in [0.15, 0.2) is 82.6 Å². The maximum atomic E-state index is 12.0. The number of hydrogen-bond acceptors (Lipinski definition) is 6. The molecule has 0 fully saturated rings. The smallest absolute Gasteiger partial charge is 0.329 e. The van der Waals surface area contributed by atoms with Gasteiger partial charge >= 0.3 is 5.97 Å². The predicted molar refractivity (Wildman–Crippen MR) is 116 cm³/mol. The third kappa shape index (κ3) is 4.91. The number of aliphatic carboxylic acids is 1. The van der Waals surface area contributed by atoms with Gasteiger partial charge in [-0.3, -0.25) is 8.51 Å². The SMILES string of the molecule is O=C(O)C(COCc1ccccc1)N(c1ccc2c(c1)Sc1ccccc1O2)S(=O)[O-]. The molecule has 3 aromatic rings. The zero-order chi connectivity index (χ0) is 21.8. The van der Waals surface area contributed by atoms with Crippen LogP contribution >= 0.6 is 11.8 Å². The van der Waals surface area contributed by atoms with Crippen LogP contribution < -0.4 is 9.04 Å². The molecule has 160 valence electrons. The molecule has 4 rings (SSSR count). The topological polar surface area (TPSA) is 99.1 Å². The number of carboxylic acid groups (broad SMARTS) is 1. The molecule has 9 heteroatoms. The molecule has 3 aromatic carbocycles. The Kier molecular flexibility index (Phi) is 6.57. The van der Waals surface area contributed by atoms with Crippen molar-refractivity contribution in [2.45, 2.75) is 22.4 Å². The van der Waals surface area contributed by atoms with E-state index in [4.69, 9.17) is 9.47 Å². The maximum absolute atomic E-state index is 12.0. The van der Waals surface area contributed by atoms with E-state index in [0.717, 1.165) is 20.5 Å². The summed E-state index contributed by atoms with van der Waals surface area (Å²) >= 11 is -1.40. The van der Waals surface area contributed by atoms with Crippen molar-refractivity contribution in [3.8, 4) is 11.5 Å². The third-order valence-corrected chi connectivity index (χ3v) is 6.47. The van der Waals surface area contributed by atoms with Crippen molar-refractivity contribution in [2.75, 3.05) is 10.9 Å². The second-order valence-corrected chi connectivity index (χ2v) is 8.59. The van der Waals surface area contributed by atoms with Crippen LogP contribution in [0.5, 0.6) is 11.5 Å². The van der Waals surface area contributed by atoms with Gasteiger partial charge in [0.25, 0.3) is 0 Å². The van der Waals surface area contributed by atoms with Gasteiger partial charge in [-0.05, 0) is 35.9 Å². The lowest BCUT2D eigenvalue weighted by atomic mass is 10.2. The van der Waals surface area contributed by atoms with E-state index in [1.807, 2.05) is 54.6 Å². The fraction of sp³-hybridized carbons (Fsp3) is 0.136. The fourth-order valence-corrected chi connectivity index (χ4v) is 4.75. The molecular formula is C22H18NO6S2-. The highest BCUT2D eigenvalue weighted by atomic mass is 32.2. The minimum atomic E-state index is -2.83. The Morgan fingerprint density at radius 2 is 1.77 bits per heavy atom. The first-order valence-corrected chi connectivity index (χ1v) is 11.2. The van der Waals surface area contributed by atoms with E-state index in [1.54, 1.807) is 12.1 Å². The summed E-state index contributed by atoms with van der Waals surface area (Å²) < 4.78 is 36.2. The van der Waals surface area contributed by atoms with Crippen molar-refractivity contribution in [2.24, 2.45) is 0 Å². The van der Waals surface area contributed by atoms with Crippen molar-refractivity contribution >= 4 is 34.7 Å². The normalized spacial score (nSPS) is 14.0. The van der Waals surface area contributed by atoms with Gasteiger partial charge in [0.1, 0.15) is 11.5 Å². The van der Waals surface area contributed by atoms with Crippen molar-refractivity contribution in [3.63, 3.8) is 0 Å². The predicted octanol–water partition coefficient (Wildman–Crippen LogP) is 4.21. The largest absolute Gasteiger partial charge is 0.755 e. The molecule has 2 atom stereocenters. The van der Waals surface area contributed by atoms with Gasteiger partial charge in [0, 0.05) is 11.3 Å². The molecule has 1 aliphatic heterocycles. The molecule has 0 amide bonds. The number of nitrogens with zero attached hydrogens (tertiary/aromatic N) is 1. The van der Waals surface area contributed by atoms with E-state index in [9.17, 15) is 18.7 Å². The molecule has 2 unspecified atom stereocenters. The Morgan fingerprint density at radius 3 is 2.52 bits per heavy atom. The number of carbonyl (C=O) groups is 1. The molecule has 0 aliphatic carbocycles. The van der Waals surface area contributed by atoms with E-state index in [0.29, 0.717) is 10.6 Å². The number of fused-ring (bicyclic) bond motifs is 2. The van der Waals surface area contributed by atoms with Gasteiger partial charge in [-0.2, -0.15) is 0 Å². The Balaban J connectivity index is 1.55. The zero-order valence-electron chi connectivity index (χ0n) is 16.2. The first kappa shape index (κ1) is 21.4. The molecule has 1 aliphatic rings. The third-order valence-electron chi connectivity index (χ3n) is 4.59. The van der Waals surface area contributed by atoms with Gasteiger partial charge in [0.15, 0.2) is 6.04 Å². The second-order valence-electron chi connectivity index (χ2n) is 6.68. The van der Waals surface area contributed by atoms with Crippen LogP contribution in [-0.2, 0) is 27.4 Å². The summed E-state index contributed by atoms with van der Waals surface area (Å²) in [5.41, 5.74) is 1.08. The lowest BCUT2D eigenvalue weighted by Gasteiger charge is -2.32. The van der Waals surface area contributed by atoms with Crippen molar-refractivity contribution in [1.82, 2.24) is 0 Å². The number of rotatable bonds is 8. The Bertz CT molecular complexity index is 1110. The van der Waals surface area contributed by atoms with E-state index in [2.05, 4.69) is 0 Å². The molecule has 0 radical (unpaired) electrons. The minimum Gasteiger partial charge on any atom is -0.755 e. The van der Waals surface area contributed by atoms with E-state index in [-0.39, 0.29) is 18.9 Å². The lowest BCUT2D eigenvalue weighted by Crippen LogP contribution is -2.45. The van der Waals surface area contributed by atoms with Crippen molar-refractivity contribution < 1.29 is 28.1 Å². The van der Waals surface area contributed by atoms with Crippen LogP contribution in [0.4, 0.5) is 5.69 Å². The summed E-state index contributed by atoms with van der Waals surface area (Å²) in [6, 6.07) is 20.1. The van der Waals surface area contributed by atoms with E-state index >= 15 is 0 Å². The first-order chi connectivity index (χ1) is 15.0. The molecule has 31 heavy (non-hydrogen) atoms. The van der Waals surface area contributed by atoms with Gasteiger partial charge < -0.3 is 19.1 Å². The number of para-hydroxylation sites is 1. The minimum absolute atomic E-state index is 0.175. The summed E-state index contributed by atoms with van der Waals surface area (Å²) in [6.45, 7) is -0.129. The summed E-state index contributed by atoms with van der Waals surface area (Å²) in [7, 11) is 0. The quantitative estimate of drug-likeness (QED) is 0.397. The van der Waals surface area contributed by atoms with E-state index < -0.39 is 23.3 Å². The van der Waals surface area contributed by atoms with Crippen molar-refractivity contribution in [3.05, 3.63) is 78.4 Å². The molecule has 0 saturated carbocycles.